The predicted molar refractivity (Wildman–Crippen MR) is 299 cm³/mol. The van der Waals surface area contributed by atoms with Crippen molar-refractivity contribution in [3.8, 4) is 0 Å². The fraction of sp³-hybridized carbons (Fsp3) is 0.615. The Balaban J connectivity index is 3.55. The number of nitrogens with zero attached hydrogens (tertiary/aromatic N) is 1. The van der Waals surface area contributed by atoms with Gasteiger partial charge < -0.3 is 96.3 Å². The summed E-state index contributed by atoms with van der Waals surface area (Å²) < 4.78 is 0. The van der Waals surface area contributed by atoms with E-state index in [1.54, 1.807) is 58.0 Å². The van der Waals surface area contributed by atoms with Gasteiger partial charge in [0.15, 0.2) is 5.96 Å². The minimum atomic E-state index is -2.08. The first kappa shape index (κ1) is 73.5. The van der Waals surface area contributed by atoms with Gasteiger partial charge in [-0.1, -0.05) is 58.0 Å². The third-order valence-corrected chi connectivity index (χ3v) is 12.3. The number of aliphatic hydroxyl groups excluding tert-OH is 1. The van der Waals surface area contributed by atoms with Gasteiger partial charge in [0.25, 0.3) is 0 Å². The van der Waals surface area contributed by atoms with Gasteiger partial charge in [0.05, 0.1) is 25.5 Å². The van der Waals surface area contributed by atoms with Gasteiger partial charge in [0, 0.05) is 19.4 Å². The van der Waals surface area contributed by atoms with Gasteiger partial charge in [-0.3, -0.25) is 62.5 Å². The van der Waals surface area contributed by atoms with Gasteiger partial charge >= 0.3 is 23.9 Å². The fourth-order valence-corrected chi connectivity index (χ4v) is 7.95. The molecule has 0 bridgehead atoms. The lowest BCUT2D eigenvalue weighted by molar-refractivity contribution is -0.143. The van der Waals surface area contributed by atoms with Crippen molar-refractivity contribution in [2.75, 3.05) is 19.6 Å². The monoisotopic (exact) mass is 1190 g/mol. The molecule has 84 heavy (non-hydrogen) atoms. The van der Waals surface area contributed by atoms with Crippen molar-refractivity contribution in [3.05, 3.63) is 35.9 Å². The number of aliphatic hydroxyl groups is 1. The number of carbonyl (C=O) groups is 13. The second-order valence-electron chi connectivity index (χ2n) is 20.7. The van der Waals surface area contributed by atoms with E-state index in [2.05, 4.69) is 52.8 Å². The number of unbranched alkanes of at least 4 members (excludes halogenated alkanes) is 1. The van der Waals surface area contributed by atoms with E-state index in [0.29, 0.717) is 12.0 Å². The summed E-state index contributed by atoms with van der Waals surface area (Å²) in [7, 11) is 0. The molecule has 1 rings (SSSR count). The van der Waals surface area contributed by atoms with Gasteiger partial charge in [-0.2, -0.15) is 0 Å². The Labute approximate surface area is 484 Å². The molecule has 22 N–H and O–H groups in total. The van der Waals surface area contributed by atoms with Gasteiger partial charge in [-0.05, 0) is 82.2 Å². The lowest BCUT2D eigenvalue weighted by Gasteiger charge is -2.28. The molecule has 0 unspecified atom stereocenters. The lowest BCUT2D eigenvalue weighted by Crippen LogP contribution is -2.60. The predicted octanol–water partition coefficient (Wildman–Crippen LogP) is -4.89. The van der Waals surface area contributed by atoms with Crippen molar-refractivity contribution < 1.29 is 87.9 Å². The van der Waals surface area contributed by atoms with Crippen LogP contribution in [0.15, 0.2) is 35.3 Å². The molecule has 9 amide bonds. The van der Waals surface area contributed by atoms with Gasteiger partial charge in [-0.25, -0.2) is 4.79 Å². The van der Waals surface area contributed by atoms with E-state index in [0.717, 1.165) is 0 Å². The van der Waals surface area contributed by atoms with E-state index >= 15 is 0 Å². The molecular weight excluding hydrogens is 1110 g/mol. The number of carboxylic acids is 4. The third kappa shape index (κ3) is 30.0. The minimum Gasteiger partial charge on any atom is -0.481 e. The van der Waals surface area contributed by atoms with Crippen molar-refractivity contribution >= 4 is 83.0 Å². The Kier molecular flexibility index (Phi) is 33.5. The Morgan fingerprint density at radius 1 is 0.500 bits per heavy atom. The first-order valence-corrected chi connectivity index (χ1v) is 27.2. The summed E-state index contributed by atoms with van der Waals surface area (Å²) in [6.07, 6.45) is -5.06. The van der Waals surface area contributed by atoms with Crippen LogP contribution in [0.3, 0.4) is 0 Å². The van der Waals surface area contributed by atoms with Crippen LogP contribution >= 0.6 is 0 Å². The van der Waals surface area contributed by atoms with Crippen molar-refractivity contribution in [1.82, 2.24) is 47.9 Å². The average molecular weight is 1190 g/mol. The molecule has 1 aromatic rings. The summed E-state index contributed by atoms with van der Waals surface area (Å²) in [6.45, 7) is 7.55. The maximum Gasteiger partial charge on any atom is 0.326 e. The highest BCUT2D eigenvalue weighted by Gasteiger charge is 2.36. The molecule has 0 radical (unpaired) electrons. The standard InChI is InChI=1S/C52H84N14O18/c1-26(2)20-33(46(78)66-37(51(83)84)21-27(3)4)63-44(76)31(14-9-10-18-53)60-48(80)35(23-40(71)72)64-45(77)32(16-17-39(69)70)61-49(81)36(24-41(73)74)65-47(79)34(22-29-12-7-6-8-13-29)59-38(68)25-58-43(75)30(15-11-19-57-52(55)56)62-50(82)42(54)28(5)67/h6-8,12-13,26-28,30-37,42,67H,9-11,14-25,53-54H2,1-5H3,(H,58,75)(H,59,68)(H,60,80)(H,61,81)(H,62,82)(H,63,76)(H,64,77)(H,65,79)(H,66,78)(H,69,70)(H,71,72)(H,73,74)(H,83,84)(H4,55,56,57)/t28-,30+,31+,32+,33+,34+,35+,36+,37+,42+/m1/s1. The first-order valence-electron chi connectivity index (χ1n) is 27.2. The molecule has 10 atom stereocenters. The largest absolute Gasteiger partial charge is 0.481 e. The van der Waals surface area contributed by atoms with E-state index in [-0.39, 0.29) is 75.8 Å². The Morgan fingerprint density at radius 2 is 0.929 bits per heavy atom. The molecule has 0 spiro atoms. The number of hydrogen-bond donors (Lipinski definition) is 18. The van der Waals surface area contributed by atoms with Gasteiger partial charge in [0.1, 0.15) is 54.4 Å². The number of benzene rings is 1. The van der Waals surface area contributed by atoms with Gasteiger partial charge in [0.2, 0.25) is 53.2 Å². The maximum absolute atomic E-state index is 14.1. The van der Waals surface area contributed by atoms with Crippen LogP contribution in [0.25, 0.3) is 0 Å². The number of hydrogen-bond acceptors (Lipinski definition) is 17. The number of amides is 9. The van der Waals surface area contributed by atoms with E-state index in [1.807, 2.05) is 0 Å². The third-order valence-electron chi connectivity index (χ3n) is 12.3. The van der Waals surface area contributed by atoms with Gasteiger partial charge in [-0.15, -0.1) is 0 Å². The molecular formula is C52H84N14O18. The Morgan fingerprint density at radius 3 is 1.40 bits per heavy atom. The van der Waals surface area contributed by atoms with Crippen LogP contribution in [-0.4, -0.2) is 189 Å². The second kappa shape index (κ2) is 38.3. The SMILES string of the molecule is CC(C)C[C@H](NC(=O)[C@H](CC(C)C)NC(=O)[C@H](CCCCN)NC(=O)[C@H](CC(=O)O)NC(=O)[C@H](CCC(=O)O)NC(=O)[C@H](CC(=O)O)NC(=O)[C@H](Cc1ccccc1)NC(=O)CNC(=O)[C@H](CCCN=C(N)N)NC(=O)[C@@H](N)[C@@H](C)O)C(=O)O. The molecule has 0 aliphatic heterocycles. The molecule has 0 fully saturated rings. The number of nitrogens with two attached hydrogens (primary N) is 4. The number of aliphatic carboxylic acids is 4. The number of nitrogens with one attached hydrogen (secondary N) is 9. The van der Waals surface area contributed by atoms with E-state index in [9.17, 15) is 87.9 Å². The lowest BCUT2D eigenvalue weighted by atomic mass is 9.99. The number of carbonyl (C=O) groups excluding carboxylic acids is 9. The summed E-state index contributed by atoms with van der Waals surface area (Å²) in [4.78, 5) is 175. The van der Waals surface area contributed by atoms with Crippen LogP contribution in [0.1, 0.15) is 111 Å². The minimum absolute atomic E-state index is 0.0132. The van der Waals surface area contributed by atoms with Crippen molar-refractivity contribution in [1.29, 1.82) is 0 Å². The van der Waals surface area contributed by atoms with Crippen LogP contribution < -0.4 is 70.8 Å². The summed E-state index contributed by atoms with van der Waals surface area (Å²) >= 11 is 0. The molecule has 32 nitrogen and oxygen atoms in total. The quantitative estimate of drug-likeness (QED) is 0.0166. The Hall–Kier alpha value is -8.52. The van der Waals surface area contributed by atoms with Crippen LogP contribution in [0.5, 0.6) is 0 Å². The molecule has 0 aliphatic carbocycles. The zero-order valence-corrected chi connectivity index (χ0v) is 47.7. The van der Waals surface area contributed by atoms with E-state index in [1.165, 1.54) is 6.92 Å². The fourth-order valence-electron chi connectivity index (χ4n) is 7.95. The zero-order valence-electron chi connectivity index (χ0n) is 47.7. The maximum atomic E-state index is 14.1. The normalized spacial score (nSPS) is 14.6. The molecule has 0 aliphatic rings. The van der Waals surface area contributed by atoms with Crippen molar-refractivity contribution in [3.63, 3.8) is 0 Å². The molecule has 0 aromatic heterocycles. The number of rotatable bonds is 41. The zero-order chi connectivity index (χ0) is 63.8. The summed E-state index contributed by atoms with van der Waals surface area (Å²) in [5.74, 6) is -16.7. The highest BCUT2D eigenvalue weighted by atomic mass is 16.4. The summed E-state index contributed by atoms with van der Waals surface area (Å²) in [5, 5.41) is 69.7. The molecule has 0 saturated heterocycles. The van der Waals surface area contributed by atoms with Crippen LogP contribution in [0, 0.1) is 11.8 Å². The van der Waals surface area contributed by atoms with Crippen molar-refractivity contribution in [2.45, 2.75) is 172 Å². The molecule has 1 aromatic carbocycles. The Bertz CT molecular complexity index is 2440. The summed E-state index contributed by atoms with van der Waals surface area (Å²) in [5.41, 5.74) is 22.5. The number of carboxylic acid groups (broad SMARTS) is 4. The number of aliphatic imine (C=N–C) groups is 1. The average Bonchev–Trinajstić information content (AvgIpc) is 3.55. The smallest absolute Gasteiger partial charge is 0.326 e. The highest BCUT2D eigenvalue weighted by Crippen LogP contribution is 2.13. The topological polar surface area (TPSA) is 548 Å². The first-order chi connectivity index (χ1) is 39.3. The highest BCUT2D eigenvalue weighted by molar-refractivity contribution is 5.99. The van der Waals surface area contributed by atoms with Crippen LogP contribution in [0.4, 0.5) is 0 Å². The molecule has 32 heteroatoms. The van der Waals surface area contributed by atoms with E-state index in [4.69, 9.17) is 22.9 Å². The van der Waals surface area contributed by atoms with E-state index < -0.39 is 170 Å². The second-order valence-corrected chi connectivity index (χ2v) is 20.7. The number of guanidine groups is 1. The molecule has 0 saturated carbocycles. The molecule has 470 valence electrons. The van der Waals surface area contributed by atoms with Crippen molar-refractivity contribution in [2.24, 2.45) is 39.8 Å². The van der Waals surface area contributed by atoms with Crippen LogP contribution in [0.2, 0.25) is 0 Å². The van der Waals surface area contributed by atoms with Crippen LogP contribution in [-0.2, 0) is 68.7 Å². The molecule has 0 heterocycles. The summed E-state index contributed by atoms with van der Waals surface area (Å²) in [6, 6.07) is -6.74.